The van der Waals surface area contributed by atoms with Gasteiger partial charge in [-0.25, -0.2) is 4.39 Å². The molecular formula is C26H31FN2O3. The molecule has 32 heavy (non-hydrogen) atoms. The number of amides is 1. The van der Waals surface area contributed by atoms with Gasteiger partial charge >= 0.3 is 0 Å². The third-order valence-electron chi connectivity index (χ3n) is 6.61. The van der Waals surface area contributed by atoms with E-state index in [2.05, 4.69) is 0 Å². The molecule has 5 nitrogen and oxygen atoms in total. The molecule has 1 fully saturated rings. The standard InChI is InChI=1S/C26H31FN2O3/c1-25(2,3)24(31)29-13-10-18-16-19(8-9-22(18)29)23(30)17-28-14-11-26(32,12-15-28)20-6-4-5-7-21(20)27/h4-9,16,32H,10-15,17H2,1-3H3. The lowest BCUT2D eigenvalue weighted by Crippen LogP contribution is -2.44. The normalized spacial score (nSPS) is 18.5. The van der Waals surface area contributed by atoms with Crippen molar-refractivity contribution in [2.45, 2.75) is 45.6 Å². The molecule has 2 aromatic carbocycles. The monoisotopic (exact) mass is 438 g/mol. The highest BCUT2D eigenvalue weighted by Gasteiger charge is 2.37. The van der Waals surface area contributed by atoms with E-state index in [0.29, 0.717) is 43.6 Å². The van der Waals surface area contributed by atoms with E-state index in [1.54, 1.807) is 24.3 Å². The Bertz CT molecular complexity index is 1040. The molecule has 0 atom stereocenters. The van der Waals surface area contributed by atoms with Gasteiger partial charge in [-0.1, -0.05) is 39.0 Å². The zero-order chi connectivity index (χ0) is 23.1. The lowest BCUT2D eigenvalue weighted by Gasteiger charge is -2.38. The third-order valence-corrected chi connectivity index (χ3v) is 6.61. The number of ketones is 1. The van der Waals surface area contributed by atoms with Crippen molar-refractivity contribution >= 4 is 17.4 Å². The van der Waals surface area contributed by atoms with E-state index in [0.717, 1.165) is 17.7 Å². The Hall–Kier alpha value is -2.57. The highest BCUT2D eigenvalue weighted by atomic mass is 19.1. The number of hydrogen-bond donors (Lipinski definition) is 1. The van der Waals surface area contributed by atoms with E-state index < -0.39 is 16.8 Å². The molecule has 170 valence electrons. The van der Waals surface area contributed by atoms with Gasteiger partial charge in [0.05, 0.1) is 12.1 Å². The van der Waals surface area contributed by atoms with Crippen molar-refractivity contribution in [3.63, 3.8) is 0 Å². The quantitative estimate of drug-likeness (QED) is 0.735. The van der Waals surface area contributed by atoms with Gasteiger partial charge in [0.2, 0.25) is 5.91 Å². The summed E-state index contributed by atoms with van der Waals surface area (Å²) < 4.78 is 14.1. The van der Waals surface area contributed by atoms with Crippen molar-refractivity contribution in [1.29, 1.82) is 0 Å². The average molecular weight is 439 g/mol. The van der Waals surface area contributed by atoms with Gasteiger partial charge in [0.1, 0.15) is 5.82 Å². The SMILES string of the molecule is CC(C)(C)C(=O)N1CCc2cc(C(=O)CN3CCC(O)(c4ccccc4F)CC3)ccc21. The largest absolute Gasteiger partial charge is 0.385 e. The third kappa shape index (κ3) is 4.34. The molecule has 2 heterocycles. The molecule has 0 aromatic heterocycles. The van der Waals surface area contributed by atoms with Gasteiger partial charge < -0.3 is 10.0 Å². The minimum absolute atomic E-state index is 0.0183. The second-order valence-electron chi connectivity index (χ2n) is 10.0. The average Bonchev–Trinajstić information content (AvgIpc) is 3.17. The molecule has 4 rings (SSSR count). The number of halogens is 1. The molecule has 1 saturated heterocycles. The number of anilines is 1. The topological polar surface area (TPSA) is 60.9 Å². The summed E-state index contributed by atoms with van der Waals surface area (Å²) in [5.41, 5.74) is 1.26. The first kappa shape index (κ1) is 22.6. The van der Waals surface area contributed by atoms with E-state index in [9.17, 15) is 19.1 Å². The van der Waals surface area contributed by atoms with Crippen molar-refractivity contribution in [3.05, 3.63) is 65.0 Å². The highest BCUT2D eigenvalue weighted by molar-refractivity contribution is 6.01. The van der Waals surface area contributed by atoms with Crippen LogP contribution in [0.4, 0.5) is 10.1 Å². The van der Waals surface area contributed by atoms with Crippen LogP contribution in [0.15, 0.2) is 42.5 Å². The number of piperidine rings is 1. The number of aliphatic hydroxyl groups is 1. The molecule has 0 unspecified atom stereocenters. The summed E-state index contributed by atoms with van der Waals surface area (Å²) in [6.45, 7) is 7.69. The number of nitrogens with zero attached hydrogens (tertiary/aromatic N) is 2. The van der Waals surface area contributed by atoms with Crippen LogP contribution in [0, 0.1) is 11.2 Å². The lowest BCUT2D eigenvalue weighted by atomic mass is 9.84. The van der Waals surface area contributed by atoms with Crippen molar-refractivity contribution in [3.8, 4) is 0 Å². The van der Waals surface area contributed by atoms with Crippen molar-refractivity contribution in [1.82, 2.24) is 4.90 Å². The van der Waals surface area contributed by atoms with Crippen LogP contribution in [0.2, 0.25) is 0 Å². The Kier molecular flexibility index (Phi) is 5.94. The first-order valence-corrected chi connectivity index (χ1v) is 11.3. The zero-order valence-electron chi connectivity index (χ0n) is 19.0. The van der Waals surface area contributed by atoms with Gasteiger partial charge in [0.15, 0.2) is 5.78 Å². The Morgan fingerprint density at radius 2 is 1.75 bits per heavy atom. The predicted octanol–water partition coefficient (Wildman–Crippen LogP) is 3.93. The van der Waals surface area contributed by atoms with Crippen LogP contribution in [-0.4, -0.2) is 47.9 Å². The van der Waals surface area contributed by atoms with E-state index in [-0.39, 0.29) is 18.2 Å². The predicted molar refractivity (Wildman–Crippen MR) is 122 cm³/mol. The van der Waals surface area contributed by atoms with Crippen LogP contribution in [0.1, 0.15) is 55.1 Å². The number of benzene rings is 2. The first-order valence-electron chi connectivity index (χ1n) is 11.3. The number of likely N-dealkylation sites (tertiary alicyclic amines) is 1. The fraction of sp³-hybridized carbons (Fsp3) is 0.462. The van der Waals surface area contributed by atoms with Crippen molar-refractivity contribution < 1.29 is 19.1 Å². The molecule has 0 radical (unpaired) electrons. The summed E-state index contributed by atoms with van der Waals surface area (Å²) >= 11 is 0. The molecule has 2 aliphatic heterocycles. The van der Waals surface area contributed by atoms with Gasteiger partial charge in [-0.05, 0) is 49.1 Å². The molecule has 0 saturated carbocycles. The van der Waals surface area contributed by atoms with Crippen molar-refractivity contribution in [2.24, 2.45) is 5.41 Å². The molecule has 1 N–H and O–H groups in total. The van der Waals surface area contributed by atoms with E-state index in [1.807, 2.05) is 42.7 Å². The summed E-state index contributed by atoms with van der Waals surface area (Å²) in [5.74, 6) is -0.285. The first-order chi connectivity index (χ1) is 15.1. The van der Waals surface area contributed by atoms with Gasteiger partial charge in [-0.2, -0.15) is 0 Å². The number of carbonyl (C=O) groups excluding carboxylic acids is 2. The molecule has 2 aromatic rings. The number of Topliss-reactive ketones (excluding diaryl/α,β-unsaturated/α-hetero) is 1. The number of hydrogen-bond acceptors (Lipinski definition) is 4. The molecule has 0 bridgehead atoms. The van der Waals surface area contributed by atoms with Gasteiger partial charge in [0.25, 0.3) is 0 Å². The van der Waals surface area contributed by atoms with E-state index in [1.165, 1.54) is 6.07 Å². The second-order valence-corrected chi connectivity index (χ2v) is 10.0. The molecular weight excluding hydrogens is 407 g/mol. The second kappa shape index (κ2) is 8.41. The Morgan fingerprint density at radius 3 is 2.41 bits per heavy atom. The fourth-order valence-electron chi connectivity index (χ4n) is 4.67. The summed E-state index contributed by atoms with van der Waals surface area (Å²) in [7, 11) is 0. The molecule has 0 spiro atoms. The molecule has 1 amide bonds. The zero-order valence-corrected chi connectivity index (χ0v) is 19.0. The van der Waals surface area contributed by atoms with Gasteiger partial charge in [-0.15, -0.1) is 0 Å². The van der Waals surface area contributed by atoms with Gasteiger partial charge in [-0.3, -0.25) is 14.5 Å². The Balaban J connectivity index is 1.40. The van der Waals surface area contributed by atoms with Crippen LogP contribution in [0.3, 0.4) is 0 Å². The maximum Gasteiger partial charge on any atom is 0.232 e. The summed E-state index contributed by atoms with van der Waals surface area (Å²) in [6, 6.07) is 11.9. The molecule has 6 heteroatoms. The van der Waals surface area contributed by atoms with E-state index >= 15 is 0 Å². The summed E-state index contributed by atoms with van der Waals surface area (Å²) in [5, 5.41) is 10.9. The summed E-state index contributed by atoms with van der Waals surface area (Å²) in [6.07, 6.45) is 1.52. The Morgan fingerprint density at radius 1 is 1.06 bits per heavy atom. The van der Waals surface area contributed by atoms with Crippen molar-refractivity contribution in [2.75, 3.05) is 31.1 Å². The number of rotatable bonds is 4. The number of carbonyl (C=O) groups is 2. The smallest absolute Gasteiger partial charge is 0.232 e. The minimum Gasteiger partial charge on any atom is -0.385 e. The van der Waals surface area contributed by atoms with Gasteiger partial charge in [0, 0.05) is 41.9 Å². The van der Waals surface area contributed by atoms with E-state index in [4.69, 9.17) is 0 Å². The Labute approximate surface area is 188 Å². The van der Waals surface area contributed by atoms with Crippen LogP contribution < -0.4 is 4.90 Å². The maximum atomic E-state index is 14.1. The number of fused-ring (bicyclic) bond motifs is 1. The molecule has 2 aliphatic rings. The minimum atomic E-state index is -1.19. The molecule has 0 aliphatic carbocycles. The van der Waals surface area contributed by atoms with Crippen LogP contribution in [-0.2, 0) is 16.8 Å². The lowest BCUT2D eigenvalue weighted by molar-refractivity contribution is -0.125. The highest BCUT2D eigenvalue weighted by Crippen LogP contribution is 2.35. The van der Waals surface area contributed by atoms with Crippen LogP contribution in [0.5, 0.6) is 0 Å². The van der Waals surface area contributed by atoms with Crippen LogP contribution in [0.25, 0.3) is 0 Å². The fourth-order valence-corrected chi connectivity index (χ4v) is 4.67. The van der Waals surface area contributed by atoms with Crippen LogP contribution >= 0.6 is 0 Å². The summed E-state index contributed by atoms with van der Waals surface area (Å²) in [4.78, 5) is 29.5. The maximum absolute atomic E-state index is 14.1.